The van der Waals surface area contributed by atoms with Crippen molar-refractivity contribution in [2.45, 2.75) is 103 Å². The van der Waals surface area contributed by atoms with Gasteiger partial charge < -0.3 is 18.9 Å². The number of aromatic nitrogens is 4. The highest BCUT2D eigenvalue weighted by molar-refractivity contribution is 6.74. The lowest BCUT2D eigenvalue weighted by molar-refractivity contribution is -0.0383. The van der Waals surface area contributed by atoms with Crippen LogP contribution in [-0.2, 0) is 13.6 Å². The molecule has 0 radical (unpaired) electrons. The molecule has 1 N–H and O–H groups in total. The van der Waals surface area contributed by atoms with Crippen molar-refractivity contribution < 1.29 is 18.4 Å². The summed E-state index contributed by atoms with van der Waals surface area (Å²) in [5.74, 6) is 0.112. The Labute approximate surface area is 240 Å². The maximum Gasteiger partial charge on any atom is 0.256 e. The molecule has 0 aliphatic carbocycles. The van der Waals surface area contributed by atoms with Gasteiger partial charge in [0.15, 0.2) is 33.6 Å². The number of imidazole rings is 1. The van der Waals surface area contributed by atoms with Crippen LogP contribution in [-0.4, -0.2) is 60.9 Å². The molecule has 0 unspecified atom stereocenters. The van der Waals surface area contributed by atoms with Crippen LogP contribution in [0.1, 0.15) is 64.5 Å². The van der Waals surface area contributed by atoms with Crippen LogP contribution < -0.4 is 5.32 Å². The minimum Gasteiger partial charge on any atom is -0.414 e. The van der Waals surface area contributed by atoms with E-state index in [-0.39, 0.29) is 34.4 Å². The third-order valence-corrected chi connectivity index (χ3v) is 17.8. The lowest BCUT2D eigenvalue weighted by atomic mass is 10.2. The Bertz CT molecular complexity index is 1330. The minimum absolute atomic E-state index is 0.0662. The fraction of sp³-hybridized carbons (Fsp3) is 0.586. The molecule has 3 aromatic rings. The molecule has 2 aromatic heterocycles. The fourth-order valence-corrected chi connectivity index (χ4v) is 6.50. The van der Waals surface area contributed by atoms with Gasteiger partial charge in [-0.05, 0) is 48.4 Å². The predicted octanol–water partition coefficient (Wildman–Crippen LogP) is 6.78. The van der Waals surface area contributed by atoms with Gasteiger partial charge in [0, 0.05) is 12.0 Å². The van der Waals surface area contributed by atoms with Crippen LogP contribution in [0, 0.1) is 0 Å². The van der Waals surface area contributed by atoms with E-state index in [1.165, 1.54) is 6.33 Å². The molecule has 1 aromatic carbocycles. The molecule has 0 saturated carbocycles. The third-order valence-electron chi connectivity index (χ3n) is 8.78. The second-order valence-corrected chi connectivity index (χ2v) is 23.3. The van der Waals surface area contributed by atoms with Crippen molar-refractivity contribution in [3.05, 3.63) is 48.5 Å². The minimum atomic E-state index is -2.07. The van der Waals surface area contributed by atoms with Gasteiger partial charge in [0.1, 0.15) is 18.7 Å². The summed E-state index contributed by atoms with van der Waals surface area (Å²) in [4.78, 5) is 26.2. The summed E-state index contributed by atoms with van der Waals surface area (Å²) in [7, 11) is -4.06. The number of amides is 1. The average Bonchev–Trinajstić information content (AvgIpc) is 3.46. The van der Waals surface area contributed by atoms with Crippen molar-refractivity contribution in [2.24, 2.45) is 0 Å². The van der Waals surface area contributed by atoms with Gasteiger partial charge in [0.2, 0.25) is 0 Å². The zero-order valence-electron chi connectivity index (χ0n) is 25.6. The van der Waals surface area contributed by atoms with Crippen molar-refractivity contribution in [1.29, 1.82) is 0 Å². The fourth-order valence-electron chi connectivity index (χ4n) is 4.13. The van der Waals surface area contributed by atoms with E-state index >= 15 is 0 Å². The molecular weight excluding hydrogens is 539 g/mol. The molecule has 1 aliphatic rings. The molecule has 3 heterocycles. The maximum atomic E-state index is 12.8. The number of carbonyl (C=O) groups excluding carboxylic acids is 1. The Balaban J connectivity index is 1.60. The first-order chi connectivity index (χ1) is 18.5. The van der Waals surface area contributed by atoms with Crippen molar-refractivity contribution in [3.8, 4) is 0 Å². The molecule has 1 amide bonds. The van der Waals surface area contributed by atoms with Crippen molar-refractivity contribution >= 4 is 39.5 Å². The second kappa shape index (κ2) is 11.1. The van der Waals surface area contributed by atoms with Gasteiger partial charge in [-0.3, -0.25) is 9.36 Å². The topological polar surface area (TPSA) is 100 Å². The van der Waals surface area contributed by atoms with Gasteiger partial charge >= 0.3 is 0 Å². The standard InChI is InChI=1S/C29H45N5O4Si2/c1-28(2,3)39(7,8)36-17-22-21(38-40(9,10)29(4,5)6)16-23(37-22)34-19-32-24-25(30-18-31-26(24)34)33-27(35)20-14-12-11-13-15-20/h11-15,18-19,21-23H,16-17H2,1-10H3,(H,30,31,33,35)/t21-,22+,23+/m0/s1. The lowest BCUT2D eigenvalue weighted by Gasteiger charge is -2.40. The van der Waals surface area contributed by atoms with Gasteiger partial charge in [-0.15, -0.1) is 0 Å². The number of anilines is 1. The molecule has 11 heteroatoms. The van der Waals surface area contributed by atoms with Crippen molar-refractivity contribution in [3.63, 3.8) is 0 Å². The summed E-state index contributed by atoms with van der Waals surface area (Å²) in [6, 6.07) is 9.03. The summed E-state index contributed by atoms with van der Waals surface area (Å²) >= 11 is 0. The first kappa shape index (κ1) is 30.5. The van der Waals surface area contributed by atoms with E-state index in [2.05, 4.69) is 88.0 Å². The van der Waals surface area contributed by atoms with Crippen LogP contribution in [0.25, 0.3) is 11.2 Å². The van der Waals surface area contributed by atoms with Crippen molar-refractivity contribution in [2.75, 3.05) is 11.9 Å². The first-order valence-corrected chi connectivity index (χ1v) is 19.8. The summed E-state index contributed by atoms with van der Waals surface area (Å²) in [6.07, 6.45) is 3.14. The monoisotopic (exact) mass is 583 g/mol. The SMILES string of the molecule is CC(C)(C)[Si](C)(C)OC[C@H]1O[C@@H](n2cnc3c(NC(=O)c4ccccc4)ncnc32)C[C@@H]1O[Si](C)(C)C(C)(C)C. The number of hydrogen-bond donors (Lipinski definition) is 1. The summed E-state index contributed by atoms with van der Waals surface area (Å²) in [5.41, 5.74) is 1.65. The normalized spacial score (nSPS) is 20.7. The van der Waals surface area contributed by atoms with Crippen LogP contribution in [0.5, 0.6) is 0 Å². The molecule has 0 spiro atoms. The summed E-state index contributed by atoms with van der Waals surface area (Å²) in [6.45, 7) is 23.0. The Morgan fingerprint density at radius 2 is 1.65 bits per heavy atom. The van der Waals surface area contributed by atoms with E-state index in [0.29, 0.717) is 35.6 Å². The Kier molecular flexibility index (Phi) is 8.46. The van der Waals surface area contributed by atoms with Crippen molar-refractivity contribution in [1.82, 2.24) is 19.5 Å². The second-order valence-electron chi connectivity index (χ2n) is 13.7. The number of nitrogens with zero attached hydrogens (tertiary/aromatic N) is 4. The Hall–Kier alpha value is -2.45. The number of fused-ring (bicyclic) bond motifs is 1. The number of nitrogens with one attached hydrogen (secondary N) is 1. The molecular formula is C29H45N5O4Si2. The van der Waals surface area contributed by atoms with E-state index < -0.39 is 16.6 Å². The number of ether oxygens (including phenoxy) is 1. The molecule has 218 valence electrons. The molecule has 3 atom stereocenters. The molecule has 9 nitrogen and oxygen atoms in total. The van der Waals surface area contributed by atoms with E-state index in [9.17, 15) is 4.79 Å². The molecule has 0 bridgehead atoms. The molecule has 1 saturated heterocycles. The van der Waals surface area contributed by atoms with E-state index in [1.54, 1.807) is 18.5 Å². The van der Waals surface area contributed by atoms with E-state index in [0.717, 1.165) is 0 Å². The van der Waals surface area contributed by atoms with Gasteiger partial charge in [-0.2, -0.15) is 0 Å². The number of carbonyl (C=O) groups is 1. The van der Waals surface area contributed by atoms with Gasteiger partial charge in [-0.25, -0.2) is 15.0 Å². The zero-order valence-corrected chi connectivity index (χ0v) is 27.6. The maximum absolute atomic E-state index is 12.8. The average molecular weight is 584 g/mol. The third kappa shape index (κ3) is 6.38. The molecule has 40 heavy (non-hydrogen) atoms. The predicted molar refractivity (Wildman–Crippen MR) is 163 cm³/mol. The highest BCUT2D eigenvalue weighted by atomic mass is 28.4. The van der Waals surface area contributed by atoms with E-state index in [4.69, 9.17) is 13.6 Å². The smallest absolute Gasteiger partial charge is 0.256 e. The Morgan fingerprint density at radius 1 is 1.00 bits per heavy atom. The van der Waals surface area contributed by atoms with Crippen LogP contribution in [0.3, 0.4) is 0 Å². The van der Waals surface area contributed by atoms with Gasteiger partial charge in [0.05, 0.1) is 19.0 Å². The molecule has 1 fully saturated rings. The highest BCUT2D eigenvalue weighted by Gasteiger charge is 2.47. The highest BCUT2D eigenvalue weighted by Crippen LogP contribution is 2.43. The summed E-state index contributed by atoms with van der Waals surface area (Å²) < 4.78 is 22.1. The lowest BCUT2D eigenvalue weighted by Crippen LogP contribution is -2.48. The van der Waals surface area contributed by atoms with Gasteiger partial charge in [-0.1, -0.05) is 59.7 Å². The number of benzene rings is 1. The van der Waals surface area contributed by atoms with Crippen LogP contribution in [0.2, 0.25) is 36.3 Å². The zero-order chi connectivity index (χ0) is 29.5. The molecule has 1 aliphatic heterocycles. The quantitative estimate of drug-likeness (QED) is 0.292. The largest absolute Gasteiger partial charge is 0.414 e. The number of hydrogen-bond acceptors (Lipinski definition) is 7. The molecule has 4 rings (SSSR count). The Morgan fingerprint density at radius 3 is 2.27 bits per heavy atom. The van der Waals surface area contributed by atoms with Crippen LogP contribution in [0.4, 0.5) is 5.82 Å². The summed E-state index contributed by atoms with van der Waals surface area (Å²) in [5, 5.41) is 3.04. The van der Waals surface area contributed by atoms with E-state index in [1.807, 2.05) is 22.8 Å². The van der Waals surface area contributed by atoms with Crippen LogP contribution >= 0.6 is 0 Å². The van der Waals surface area contributed by atoms with Gasteiger partial charge in [0.25, 0.3) is 5.91 Å². The number of rotatable bonds is 8. The first-order valence-electron chi connectivity index (χ1n) is 14.0. The van der Waals surface area contributed by atoms with Crippen LogP contribution in [0.15, 0.2) is 43.0 Å².